The molecule has 0 saturated heterocycles. The van der Waals surface area contributed by atoms with E-state index < -0.39 is 11.5 Å². The molecule has 1 aromatic rings. The quantitative estimate of drug-likeness (QED) is 0.780. The van der Waals surface area contributed by atoms with Crippen molar-refractivity contribution < 1.29 is 9.90 Å². The van der Waals surface area contributed by atoms with Crippen LogP contribution in [0, 0.1) is 0 Å². The lowest BCUT2D eigenvalue weighted by Gasteiger charge is -2.15. The van der Waals surface area contributed by atoms with Crippen LogP contribution in [0.3, 0.4) is 0 Å². The van der Waals surface area contributed by atoms with Crippen LogP contribution in [-0.2, 0) is 10.3 Å². The predicted molar refractivity (Wildman–Crippen MR) is 49.0 cm³/mol. The van der Waals surface area contributed by atoms with Gasteiger partial charge in [0.25, 0.3) is 0 Å². The molecule has 0 aromatic carbocycles. The van der Waals surface area contributed by atoms with Crippen LogP contribution in [-0.4, -0.2) is 25.8 Å². The van der Waals surface area contributed by atoms with Crippen LogP contribution < -0.4 is 0 Å². The number of hydrogen-bond donors (Lipinski definition) is 1. The van der Waals surface area contributed by atoms with E-state index in [1.807, 2.05) is 13.8 Å². The van der Waals surface area contributed by atoms with E-state index in [2.05, 4.69) is 10.2 Å². The number of hydrogen-bond acceptors (Lipinski definition) is 3. The third-order valence-electron chi connectivity index (χ3n) is 2.67. The van der Waals surface area contributed by atoms with Crippen molar-refractivity contribution in [3.05, 3.63) is 12.2 Å². The smallest absolute Gasteiger partial charge is 0.329 e. The van der Waals surface area contributed by atoms with E-state index in [0.717, 1.165) is 5.82 Å². The summed E-state index contributed by atoms with van der Waals surface area (Å²) in [5.74, 6) is 0.179. The fourth-order valence-electron chi connectivity index (χ4n) is 1.64. The van der Waals surface area contributed by atoms with E-state index >= 15 is 0 Å². The van der Waals surface area contributed by atoms with Crippen molar-refractivity contribution in [1.82, 2.24) is 14.8 Å². The maximum absolute atomic E-state index is 11.1. The number of rotatable bonds is 3. The molecule has 1 aromatic heterocycles. The topological polar surface area (TPSA) is 68.0 Å². The molecule has 0 amide bonds. The van der Waals surface area contributed by atoms with Gasteiger partial charge in [-0.2, -0.15) is 0 Å². The zero-order chi connectivity index (χ0) is 10.3. The third-order valence-corrected chi connectivity index (χ3v) is 2.67. The van der Waals surface area contributed by atoms with Crippen LogP contribution in [0.2, 0.25) is 0 Å². The molecule has 0 unspecified atom stereocenters. The van der Waals surface area contributed by atoms with E-state index in [1.54, 1.807) is 4.57 Å². The summed E-state index contributed by atoms with van der Waals surface area (Å²) in [7, 11) is 0. The Morgan fingerprint density at radius 2 is 2.29 bits per heavy atom. The minimum absolute atomic E-state index is 0.203. The fraction of sp³-hybridized carbons (Fsp3) is 0.667. The standard InChI is InChI=1S/C9H13N3O2/c1-6(2)7-11-10-5-12(7)9(3-4-9)8(13)14/h5-6H,3-4H2,1-2H3,(H,13,14). The Morgan fingerprint density at radius 1 is 1.64 bits per heavy atom. The summed E-state index contributed by atoms with van der Waals surface area (Å²) in [6.07, 6.45) is 2.89. The van der Waals surface area contributed by atoms with Gasteiger partial charge in [-0.25, -0.2) is 4.79 Å². The van der Waals surface area contributed by atoms with Crippen molar-refractivity contribution >= 4 is 5.97 Å². The molecule has 76 valence electrons. The normalized spacial score (nSPS) is 18.5. The van der Waals surface area contributed by atoms with E-state index in [9.17, 15) is 4.79 Å². The van der Waals surface area contributed by atoms with Crippen molar-refractivity contribution in [3.63, 3.8) is 0 Å². The fourth-order valence-corrected chi connectivity index (χ4v) is 1.64. The Bertz CT molecular complexity index is 366. The van der Waals surface area contributed by atoms with Gasteiger partial charge in [-0.3, -0.25) is 0 Å². The van der Waals surface area contributed by atoms with E-state index in [0.29, 0.717) is 12.8 Å². The van der Waals surface area contributed by atoms with Crippen molar-refractivity contribution in [3.8, 4) is 0 Å². The molecule has 5 heteroatoms. The van der Waals surface area contributed by atoms with Crippen LogP contribution >= 0.6 is 0 Å². The van der Waals surface area contributed by atoms with Gasteiger partial charge in [0.15, 0.2) is 0 Å². The van der Waals surface area contributed by atoms with Gasteiger partial charge in [0.1, 0.15) is 17.7 Å². The summed E-state index contributed by atoms with van der Waals surface area (Å²) in [4.78, 5) is 11.1. The summed E-state index contributed by atoms with van der Waals surface area (Å²) >= 11 is 0. The van der Waals surface area contributed by atoms with Crippen LogP contribution in [0.15, 0.2) is 6.33 Å². The second kappa shape index (κ2) is 2.80. The number of aliphatic carboxylic acids is 1. The molecular weight excluding hydrogens is 182 g/mol. The SMILES string of the molecule is CC(C)c1nncn1C1(C(=O)O)CC1. The third kappa shape index (κ3) is 1.12. The van der Waals surface area contributed by atoms with Crippen molar-refractivity contribution in [1.29, 1.82) is 0 Å². The highest BCUT2D eigenvalue weighted by Gasteiger charge is 2.53. The Balaban J connectivity index is 2.42. The first-order valence-corrected chi connectivity index (χ1v) is 4.72. The highest BCUT2D eigenvalue weighted by molar-refractivity contribution is 5.80. The van der Waals surface area contributed by atoms with Crippen molar-refractivity contribution in [2.45, 2.75) is 38.1 Å². The van der Waals surface area contributed by atoms with Gasteiger partial charge in [-0.15, -0.1) is 10.2 Å². The summed E-state index contributed by atoms with van der Waals surface area (Å²) in [5.41, 5.74) is -0.747. The van der Waals surface area contributed by atoms with Gasteiger partial charge in [-0.05, 0) is 12.8 Å². The molecular formula is C9H13N3O2. The zero-order valence-electron chi connectivity index (χ0n) is 8.27. The Kier molecular flexibility index (Phi) is 1.83. The molecule has 1 fully saturated rings. The minimum atomic E-state index is -0.779. The Labute approximate surface area is 81.8 Å². The average Bonchev–Trinajstić information content (AvgIpc) is 2.77. The minimum Gasteiger partial charge on any atom is -0.479 e. The number of carboxylic acid groups (broad SMARTS) is 1. The van der Waals surface area contributed by atoms with Gasteiger partial charge in [-0.1, -0.05) is 13.8 Å². The molecule has 2 rings (SSSR count). The molecule has 1 heterocycles. The molecule has 14 heavy (non-hydrogen) atoms. The lowest BCUT2D eigenvalue weighted by atomic mass is 10.2. The summed E-state index contributed by atoms with van der Waals surface area (Å²) in [6, 6.07) is 0. The molecule has 0 spiro atoms. The van der Waals surface area contributed by atoms with Crippen LogP contribution in [0.25, 0.3) is 0 Å². The second-order valence-corrected chi connectivity index (χ2v) is 4.05. The monoisotopic (exact) mass is 195 g/mol. The van der Waals surface area contributed by atoms with Gasteiger partial charge >= 0.3 is 5.97 Å². The predicted octanol–water partition coefficient (Wildman–Crippen LogP) is 0.975. The number of nitrogens with zero attached hydrogens (tertiary/aromatic N) is 3. The summed E-state index contributed by atoms with van der Waals surface area (Å²) in [5, 5.41) is 16.8. The first-order chi connectivity index (χ1) is 6.58. The molecule has 1 N–H and O–H groups in total. The molecule has 5 nitrogen and oxygen atoms in total. The Hall–Kier alpha value is -1.39. The van der Waals surface area contributed by atoms with E-state index in [1.165, 1.54) is 6.33 Å². The Morgan fingerprint density at radius 3 is 2.71 bits per heavy atom. The molecule has 1 aliphatic carbocycles. The number of aromatic nitrogens is 3. The molecule has 0 bridgehead atoms. The lowest BCUT2D eigenvalue weighted by molar-refractivity contribution is -0.142. The van der Waals surface area contributed by atoms with E-state index in [-0.39, 0.29) is 5.92 Å². The molecule has 0 aliphatic heterocycles. The molecule has 1 aliphatic rings. The van der Waals surface area contributed by atoms with Gasteiger partial charge in [0.05, 0.1) is 0 Å². The van der Waals surface area contributed by atoms with Crippen LogP contribution in [0.5, 0.6) is 0 Å². The van der Waals surface area contributed by atoms with Gasteiger partial charge in [0, 0.05) is 5.92 Å². The first kappa shape index (κ1) is 9.18. The lowest BCUT2D eigenvalue weighted by Crippen LogP contribution is -2.28. The highest BCUT2D eigenvalue weighted by Crippen LogP contribution is 2.44. The maximum Gasteiger partial charge on any atom is 0.329 e. The van der Waals surface area contributed by atoms with Crippen molar-refractivity contribution in [2.75, 3.05) is 0 Å². The molecule has 0 radical (unpaired) electrons. The van der Waals surface area contributed by atoms with Crippen LogP contribution in [0.4, 0.5) is 0 Å². The van der Waals surface area contributed by atoms with Gasteiger partial charge in [0.2, 0.25) is 0 Å². The number of carboxylic acids is 1. The zero-order valence-corrected chi connectivity index (χ0v) is 8.27. The van der Waals surface area contributed by atoms with Crippen LogP contribution in [0.1, 0.15) is 38.4 Å². The maximum atomic E-state index is 11.1. The molecule has 1 saturated carbocycles. The summed E-state index contributed by atoms with van der Waals surface area (Å²) < 4.78 is 1.71. The second-order valence-electron chi connectivity index (χ2n) is 4.05. The largest absolute Gasteiger partial charge is 0.479 e. The van der Waals surface area contributed by atoms with E-state index in [4.69, 9.17) is 5.11 Å². The highest BCUT2D eigenvalue weighted by atomic mass is 16.4. The summed E-state index contributed by atoms with van der Waals surface area (Å²) in [6.45, 7) is 3.97. The molecule has 0 atom stereocenters. The average molecular weight is 195 g/mol. The van der Waals surface area contributed by atoms with Crippen molar-refractivity contribution in [2.24, 2.45) is 0 Å². The number of carbonyl (C=O) groups is 1. The van der Waals surface area contributed by atoms with Gasteiger partial charge < -0.3 is 9.67 Å². The first-order valence-electron chi connectivity index (χ1n) is 4.72.